The number of rotatable bonds is 7. The summed E-state index contributed by atoms with van der Waals surface area (Å²) in [6.45, 7) is 7.57. The van der Waals surface area contributed by atoms with E-state index in [1.54, 1.807) is 25.1 Å². The molecule has 0 saturated carbocycles. The van der Waals surface area contributed by atoms with Crippen LogP contribution in [0.25, 0.3) is 11.0 Å². The maximum Gasteiger partial charge on any atom is 0.345 e. The average Bonchev–Trinajstić information content (AvgIpc) is 2.72. The van der Waals surface area contributed by atoms with E-state index in [1.807, 2.05) is 18.2 Å². The molecule has 0 unspecified atom stereocenters. The minimum absolute atomic E-state index is 0.00416. The van der Waals surface area contributed by atoms with Gasteiger partial charge in [0.2, 0.25) is 0 Å². The van der Waals surface area contributed by atoms with Crippen molar-refractivity contribution < 1.29 is 9.34 Å². The molecule has 29 heavy (non-hydrogen) atoms. The molecule has 1 heterocycles. The van der Waals surface area contributed by atoms with Crippen LogP contribution in [0.2, 0.25) is 0 Å². The van der Waals surface area contributed by atoms with Gasteiger partial charge in [0.25, 0.3) is 5.69 Å². The molecule has 8 nitrogen and oxygen atoms in total. The summed E-state index contributed by atoms with van der Waals surface area (Å²) in [5, 5.41) is 15.7. The minimum atomic E-state index is -0.471. The first kappa shape index (κ1) is 20.1. The zero-order chi connectivity index (χ0) is 21.0. The molecule has 0 fully saturated rings. The number of fused-ring (bicyclic) bond motifs is 1. The highest BCUT2D eigenvalue weighted by atomic mass is 16.6. The van der Waals surface area contributed by atoms with Crippen LogP contribution in [-0.4, -0.2) is 23.7 Å². The molecule has 3 rings (SSSR count). The van der Waals surface area contributed by atoms with Crippen LogP contribution in [0.5, 0.6) is 0 Å². The molecule has 150 valence electrons. The molecule has 0 amide bonds. The molecule has 0 aliphatic rings. The first-order valence-corrected chi connectivity index (χ1v) is 9.31. The lowest BCUT2D eigenvalue weighted by Crippen LogP contribution is -2.21. The third kappa shape index (κ3) is 4.43. The molecule has 1 N–H and O–H groups in total. The van der Waals surface area contributed by atoms with Crippen molar-refractivity contribution in [2.45, 2.75) is 20.8 Å². The van der Waals surface area contributed by atoms with Gasteiger partial charge < -0.3 is 9.32 Å². The van der Waals surface area contributed by atoms with E-state index in [9.17, 15) is 14.9 Å². The molecule has 0 aliphatic carbocycles. The minimum Gasteiger partial charge on any atom is -0.422 e. The van der Waals surface area contributed by atoms with E-state index >= 15 is 0 Å². The van der Waals surface area contributed by atoms with E-state index in [4.69, 9.17) is 4.42 Å². The highest BCUT2D eigenvalue weighted by Crippen LogP contribution is 2.22. The first-order chi connectivity index (χ1) is 13.9. The van der Waals surface area contributed by atoms with Crippen LogP contribution >= 0.6 is 0 Å². The van der Waals surface area contributed by atoms with Crippen molar-refractivity contribution in [2.75, 3.05) is 23.4 Å². The fourth-order valence-electron chi connectivity index (χ4n) is 3.00. The second-order valence-corrected chi connectivity index (χ2v) is 6.45. The largest absolute Gasteiger partial charge is 0.422 e. The van der Waals surface area contributed by atoms with E-state index in [-0.39, 0.29) is 5.69 Å². The summed E-state index contributed by atoms with van der Waals surface area (Å²) < 4.78 is 5.52. The maximum atomic E-state index is 12.5. The van der Waals surface area contributed by atoms with E-state index in [1.165, 1.54) is 12.1 Å². The molecule has 0 bridgehead atoms. The second-order valence-electron chi connectivity index (χ2n) is 6.45. The van der Waals surface area contributed by atoms with Gasteiger partial charge in [0.15, 0.2) is 0 Å². The summed E-state index contributed by atoms with van der Waals surface area (Å²) in [6, 6.07) is 13.4. The lowest BCUT2D eigenvalue weighted by molar-refractivity contribution is -0.384. The van der Waals surface area contributed by atoms with Gasteiger partial charge >= 0.3 is 5.63 Å². The summed E-state index contributed by atoms with van der Waals surface area (Å²) in [6.07, 6.45) is 0. The molecule has 2 aromatic carbocycles. The van der Waals surface area contributed by atoms with Gasteiger partial charge in [-0.05, 0) is 51.1 Å². The Morgan fingerprint density at radius 3 is 2.45 bits per heavy atom. The lowest BCUT2D eigenvalue weighted by Gasteiger charge is -2.21. The zero-order valence-corrected chi connectivity index (χ0v) is 16.5. The second kappa shape index (κ2) is 8.55. The maximum absolute atomic E-state index is 12.5. The van der Waals surface area contributed by atoms with Crippen LogP contribution < -0.4 is 16.0 Å². The Morgan fingerprint density at radius 2 is 1.83 bits per heavy atom. The molecular formula is C21H22N4O4. The Bertz CT molecular complexity index is 1120. The summed E-state index contributed by atoms with van der Waals surface area (Å²) in [5.41, 5.74) is 5.23. The molecule has 0 spiro atoms. The van der Waals surface area contributed by atoms with E-state index < -0.39 is 10.5 Å². The van der Waals surface area contributed by atoms with Crippen molar-refractivity contribution in [1.82, 2.24) is 0 Å². The number of nitrogens with zero attached hydrogens (tertiary/aromatic N) is 3. The summed E-state index contributed by atoms with van der Waals surface area (Å²) in [5.74, 6) is 0. The van der Waals surface area contributed by atoms with E-state index in [0.717, 1.165) is 24.2 Å². The Balaban J connectivity index is 1.87. The third-order valence-corrected chi connectivity index (χ3v) is 4.67. The van der Waals surface area contributed by atoms with Gasteiger partial charge in [0.1, 0.15) is 5.58 Å². The van der Waals surface area contributed by atoms with Crippen molar-refractivity contribution in [1.29, 1.82) is 0 Å². The Morgan fingerprint density at radius 1 is 1.14 bits per heavy atom. The number of nitrogens with one attached hydrogen (secondary N) is 1. The fourth-order valence-corrected chi connectivity index (χ4v) is 3.00. The van der Waals surface area contributed by atoms with Crippen LogP contribution in [0.3, 0.4) is 0 Å². The highest BCUT2D eigenvalue weighted by Gasteiger charge is 2.11. The number of anilines is 2. The molecule has 8 heteroatoms. The van der Waals surface area contributed by atoms with E-state index in [2.05, 4.69) is 29.3 Å². The molecule has 0 aliphatic heterocycles. The SMILES string of the molecule is CCN(CC)c1ccc2cc(C(C)=NNc3ccc([N+](=O)[O-])cc3)c(=O)oc2c1. The Hall–Kier alpha value is -3.68. The van der Waals surface area contributed by atoms with Gasteiger partial charge in [-0.2, -0.15) is 5.10 Å². The molecular weight excluding hydrogens is 372 g/mol. The van der Waals surface area contributed by atoms with Crippen LogP contribution in [0.4, 0.5) is 17.1 Å². The number of hydrogen-bond acceptors (Lipinski definition) is 7. The van der Waals surface area contributed by atoms with Crippen LogP contribution in [0.1, 0.15) is 26.3 Å². The van der Waals surface area contributed by atoms with Gasteiger partial charge in [-0.25, -0.2) is 4.79 Å². The number of hydrogen-bond donors (Lipinski definition) is 1. The van der Waals surface area contributed by atoms with Gasteiger partial charge in [-0.3, -0.25) is 15.5 Å². The molecule has 0 radical (unpaired) electrons. The van der Waals surface area contributed by atoms with Gasteiger partial charge in [0, 0.05) is 42.4 Å². The zero-order valence-electron chi connectivity index (χ0n) is 16.5. The predicted octanol–water partition coefficient (Wildman–Crippen LogP) is 4.38. The van der Waals surface area contributed by atoms with Gasteiger partial charge in [-0.15, -0.1) is 0 Å². The number of hydrazone groups is 1. The normalized spacial score (nSPS) is 11.5. The van der Waals surface area contributed by atoms with E-state index in [0.29, 0.717) is 22.5 Å². The predicted molar refractivity (Wildman–Crippen MR) is 115 cm³/mol. The monoisotopic (exact) mass is 394 g/mol. The summed E-state index contributed by atoms with van der Waals surface area (Å²) in [7, 11) is 0. The number of non-ortho nitro benzene ring substituents is 1. The van der Waals surface area contributed by atoms with Crippen molar-refractivity contribution in [3.8, 4) is 0 Å². The molecule has 0 atom stereocenters. The van der Waals surface area contributed by atoms with Crippen molar-refractivity contribution >= 4 is 33.7 Å². The van der Waals surface area contributed by atoms with Crippen molar-refractivity contribution in [3.05, 3.63) is 74.6 Å². The first-order valence-electron chi connectivity index (χ1n) is 9.31. The molecule has 0 saturated heterocycles. The lowest BCUT2D eigenvalue weighted by atomic mass is 10.1. The average molecular weight is 394 g/mol. The Labute approximate surface area is 167 Å². The highest BCUT2D eigenvalue weighted by molar-refractivity contribution is 6.01. The van der Waals surface area contributed by atoms with Crippen LogP contribution in [0, 0.1) is 10.1 Å². The number of nitro benzene ring substituents is 1. The fraction of sp³-hybridized carbons (Fsp3) is 0.238. The Kier molecular flexibility index (Phi) is 5.92. The van der Waals surface area contributed by atoms with Crippen molar-refractivity contribution in [2.24, 2.45) is 5.10 Å². The smallest absolute Gasteiger partial charge is 0.345 e. The summed E-state index contributed by atoms with van der Waals surface area (Å²) in [4.78, 5) is 24.9. The van der Waals surface area contributed by atoms with Gasteiger partial charge in [0.05, 0.1) is 21.9 Å². The quantitative estimate of drug-likeness (QED) is 0.276. The van der Waals surface area contributed by atoms with Crippen molar-refractivity contribution in [3.63, 3.8) is 0 Å². The van der Waals surface area contributed by atoms with Gasteiger partial charge in [-0.1, -0.05) is 0 Å². The van der Waals surface area contributed by atoms with Crippen LogP contribution in [-0.2, 0) is 0 Å². The molecule has 1 aromatic heterocycles. The topological polar surface area (TPSA) is 101 Å². The number of benzene rings is 2. The number of nitro groups is 1. The third-order valence-electron chi connectivity index (χ3n) is 4.67. The molecule has 3 aromatic rings. The standard InChI is InChI=1S/C21H22N4O4/c1-4-24(5-2)18-9-6-15-12-19(21(26)29-20(15)13-18)14(3)22-23-16-7-10-17(11-8-16)25(27)28/h6-13,23H,4-5H2,1-3H3. The summed E-state index contributed by atoms with van der Waals surface area (Å²) >= 11 is 0. The van der Waals surface area contributed by atoms with Crippen LogP contribution in [0.15, 0.2) is 62.8 Å².